The second-order valence-corrected chi connectivity index (χ2v) is 7.08. The van der Waals surface area contributed by atoms with Gasteiger partial charge < -0.3 is 5.73 Å². The van der Waals surface area contributed by atoms with Crippen LogP contribution in [0.3, 0.4) is 0 Å². The van der Waals surface area contributed by atoms with E-state index in [9.17, 15) is 4.79 Å². The zero-order valence-corrected chi connectivity index (χ0v) is 15.3. The zero-order chi connectivity index (χ0) is 18.8. The Morgan fingerprint density at radius 3 is 2.56 bits per heavy atom. The molecule has 0 radical (unpaired) electrons. The van der Waals surface area contributed by atoms with Crippen molar-refractivity contribution in [2.45, 2.75) is 32.5 Å². The molecule has 4 rings (SSSR count). The Kier molecular flexibility index (Phi) is 4.69. The SMILES string of the molecule is Cc1cccc(-c2ncc(CN3Cc4ccccc4C[C@@H]3C(N)=O)cn2)c1. The van der Waals surface area contributed by atoms with Crippen LogP contribution in [0.5, 0.6) is 0 Å². The van der Waals surface area contributed by atoms with Crippen LogP contribution in [-0.2, 0) is 24.3 Å². The number of hydrogen-bond donors (Lipinski definition) is 1. The third-order valence-corrected chi connectivity index (χ3v) is 5.04. The molecule has 1 aromatic heterocycles. The Bertz CT molecular complexity index is 968. The lowest BCUT2D eigenvalue weighted by atomic mass is 9.93. The molecule has 0 unspecified atom stereocenters. The van der Waals surface area contributed by atoms with Crippen molar-refractivity contribution in [1.29, 1.82) is 0 Å². The van der Waals surface area contributed by atoms with Gasteiger partial charge in [-0.3, -0.25) is 9.69 Å². The summed E-state index contributed by atoms with van der Waals surface area (Å²) < 4.78 is 0. The summed E-state index contributed by atoms with van der Waals surface area (Å²) >= 11 is 0. The third kappa shape index (κ3) is 3.73. The van der Waals surface area contributed by atoms with Crippen molar-refractivity contribution in [3.8, 4) is 11.4 Å². The average Bonchev–Trinajstić information content (AvgIpc) is 2.68. The number of aromatic nitrogens is 2. The molecule has 1 aliphatic rings. The van der Waals surface area contributed by atoms with E-state index >= 15 is 0 Å². The summed E-state index contributed by atoms with van der Waals surface area (Å²) in [5, 5.41) is 0. The molecular weight excluding hydrogens is 336 g/mol. The van der Waals surface area contributed by atoms with Gasteiger partial charge in [-0.1, -0.05) is 48.0 Å². The highest BCUT2D eigenvalue weighted by Gasteiger charge is 2.29. The normalized spacial score (nSPS) is 16.7. The van der Waals surface area contributed by atoms with Crippen LogP contribution in [0.15, 0.2) is 60.9 Å². The number of fused-ring (bicyclic) bond motifs is 1. The molecule has 0 spiro atoms. The smallest absolute Gasteiger partial charge is 0.235 e. The number of aryl methyl sites for hydroxylation is 1. The van der Waals surface area contributed by atoms with Crippen molar-refractivity contribution in [3.05, 3.63) is 83.2 Å². The van der Waals surface area contributed by atoms with Gasteiger partial charge in [0.15, 0.2) is 5.82 Å². The molecule has 0 fully saturated rings. The van der Waals surface area contributed by atoms with E-state index in [1.807, 2.05) is 36.7 Å². The van der Waals surface area contributed by atoms with Gasteiger partial charge in [0, 0.05) is 36.6 Å². The highest BCUT2D eigenvalue weighted by atomic mass is 16.1. The lowest BCUT2D eigenvalue weighted by molar-refractivity contribution is -0.124. The molecule has 2 heterocycles. The van der Waals surface area contributed by atoms with Crippen LogP contribution in [0.4, 0.5) is 0 Å². The second-order valence-electron chi connectivity index (χ2n) is 7.08. The van der Waals surface area contributed by atoms with Gasteiger partial charge >= 0.3 is 0 Å². The predicted octanol–water partition coefficient (Wildman–Crippen LogP) is 2.86. The summed E-state index contributed by atoms with van der Waals surface area (Å²) in [5.74, 6) is 0.416. The fourth-order valence-corrected chi connectivity index (χ4v) is 3.63. The Hall–Kier alpha value is -3.05. The number of amides is 1. The average molecular weight is 358 g/mol. The van der Waals surface area contributed by atoms with Crippen LogP contribution >= 0.6 is 0 Å². The maximum absolute atomic E-state index is 12.0. The van der Waals surface area contributed by atoms with Crippen LogP contribution < -0.4 is 5.73 Å². The highest BCUT2D eigenvalue weighted by molar-refractivity contribution is 5.80. The summed E-state index contributed by atoms with van der Waals surface area (Å²) in [6.07, 6.45) is 4.32. The topological polar surface area (TPSA) is 72.1 Å². The number of rotatable bonds is 4. The fourth-order valence-electron chi connectivity index (χ4n) is 3.63. The Labute approximate surface area is 158 Å². The van der Waals surface area contributed by atoms with Gasteiger partial charge in [-0.05, 0) is 30.5 Å². The number of benzene rings is 2. The number of nitrogens with two attached hydrogens (primary N) is 1. The Morgan fingerprint density at radius 2 is 1.85 bits per heavy atom. The first-order chi connectivity index (χ1) is 13.1. The van der Waals surface area contributed by atoms with Gasteiger partial charge in [-0.2, -0.15) is 0 Å². The standard InChI is InChI=1S/C22H22N4O/c1-15-5-4-8-18(9-15)22-24-11-16(12-25-22)13-26-14-19-7-3-2-6-17(19)10-20(26)21(23)27/h2-9,11-12,20H,10,13-14H2,1H3,(H2,23,27)/t20-/m1/s1. The van der Waals surface area contributed by atoms with Gasteiger partial charge in [0.2, 0.25) is 5.91 Å². The quantitative estimate of drug-likeness (QED) is 0.778. The number of carbonyl (C=O) groups is 1. The number of primary amides is 1. The van der Waals surface area contributed by atoms with E-state index in [4.69, 9.17) is 5.73 Å². The minimum Gasteiger partial charge on any atom is -0.368 e. The predicted molar refractivity (Wildman–Crippen MR) is 105 cm³/mol. The number of nitrogens with zero attached hydrogens (tertiary/aromatic N) is 3. The van der Waals surface area contributed by atoms with Crippen LogP contribution in [0.1, 0.15) is 22.3 Å². The molecule has 1 atom stereocenters. The maximum Gasteiger partial charge on any atom is 0.235 e. The van der Waals surface area contributed by atoms with Gasteiger partial charge in [0.05, 0.1) is 6.04 Å². The van der Waals surface area contributed by atoms with Gasteiger partial charge in [-0.15, -0.1) is 0 Å². The minimum absolute atomic E-state index is 0.290. The molecule has 0 aliphatic carbocycles. The molecule has 0 saturated heterocycles. The molecule has 2 N–H and O–H groups in total. The summed E-state index contributed by atoms with van der Waals surface area (Å²) in [6.45, 7) is 3.34. The van der Waals surface area contributed by atoms with Crippen molar-refractivity contribution in [3.63, 3.8) is 0 Å². The molecule has 27 heavy (non-hydrogen) atoms. The van der Waals surface area contributed by atoms with Crippen molar-refractivity contribution in [2.75, 3.05) is 0 Å². The van der Waals surface area contributed by atoms with E-state index in [1.165, 1.54) is 16.7 Å². The Balaban J connectivity index is 1.55. The van der Waals surface area contributed by atoms with Crippen molar-refractivity contribution in [1.82, 2.24) is 14.9 Å². The van der Waals surface area contributed by atoms with E-state index in [0.717, 1.165) is 11.1 Å². The Morgan fingerprint density at radius 1 is 1.11 bits per heavy atom. The summed E-state index contributed by atoms with van der Waals surface area (Å²) in [6, 6.07) is 16.0. The van der Waals surface area contributed by atoms with Crippen LogP contribution in [0, 0.1) is 6.92 Å². The molecule has 0 bridgehead atoms. The van der Waals surface area contributed by atoms with E-state index in [-0.39, 0.29) is 11.9 Å². The third-order valence-electron chi connectivity index (χ3n) is 5.04. The summed E-state index contributed by atoms with van der Waals surface area (Å²) in [5.41, 5.74) is 11.3. The van der Waals surface area contributed by atoms with Crippen molar-refractivity contribution < 1.29 is 4.79 Å². The fraction of sp³-hybridized carbons (Fsp3) is 0.227. The summed E-state index contributed by atoms with van der Waals surface area (Å²) in [4.78, 5) is 23.1. The first-order valence-corrected chi connectivity index (χ1v) is 9.08. The summed E-state index contributed by atoms with van der Waals surface area (Å²) in [7, 11) is 0. The molecule has 2 aromatic carbocycles. The second kappa shape index (κ2) is 7.29. The number of carbonyl (C=O) groups excluding carboxylic acids is 1. The van der Waals surface area contributed by atoms with Gasteiger partial charge in [0.1, 0.15) is 0 Å². The van der Waals surface area contributed by atoms with Crippen molar-refractivity contribution >= 4 is 5.91 Å². The zero-order valence-electron chi connectivity index (χ0n) is 15.3. The molecule has 1 amide bonds. The van der Waals surface area contributed by atoms with Crippen LogP contribution in [0.25, 0.3) is 11.4 Å². The number of hydrogen-bond acceptors (Lipinski definition) is 4. The molecular formula is C22H22N4O. The molecule has 1 aliphatic heterocycles. The van der Waals surface area contributed by atoms with E-state index in [1.54, 1.807) is 0 Å². The maximum atomic E-state index is 12.0. The van der Waals surface area contributed by atoms with Crippen LogP contribution in [0.2, 0.25) is 0 Å². The lowest BCUT2D eigenvalue weighted by Gasteiger charge is -2.34. The molecule has 136 valence electrons. The largest absolute Gasteiger partial charge is 0.368 e. The van der Waals surface area contributed by atoms with Gasteiger partial charge in [-0.25, -0.2) is 9.97 Å². The van der Waals surface area contributed by atoms with Crippen LogP contribution in [-0.4, -0.2) is 26.8 Å². The molecule has 3 aromatic rings. The lowest BCUT2D eigenvalue weighted by Crippen LogP contribution is -2.48. The van der Waals surface area contributed by atoms with Gasteiger partial charge in [0.25, 0.3) is 0 Å². The van der Waals surface area contributed by atoms with E-state index < -0.39 is 0 Å². The van der Waals surface area contributed by atoms with Crippen molar-refractivity contribution in [2.24, 2.45) is 5.73 Å². The molecule has 5 heteroatoms. The highest BCUT2D eigenvalue weighted by Crippen LogP contribution is 2.25. The van der Waals surface area contributed by atoms with E-state index in [0.29, 0.717) is 25.3 Å². The first kappa shape index (κ1) is 17.4. The minimum atomic E-state index is -0.309. The first-order valence-electron chi connectivity index (χ1n) is 9.08. The molecule has 0 saturated carbocycles. The monoisotopic (exact) mass is 358 g/mol. The molecule has 5 nitrogen and oxygen atoms in total. The van der Waals surface area contributed by atoms with E-state index in [2.05, 4.69) is 46.1 Å².